The molecule has 3 rings (SSSR count). The second kappa shape index (κ2) is 4.81. The molecule has 0 radical (unpaired) electrons. The number of hydrogen-bond donors (Lipinski definition) is 1. The van der Waals surface area contributed by atoms with Gasteiger partial charge in [0.05, 0.1) is 12.7 Å². The van der Waals surface area contributed by atoms with Crippen LogP contribution in [0.25, 0.3) is 0 Å². The predicted octanol–water partition coefficient (Wildman–Crippen LogP) is 1.33. The summed E-state index contributed by atoms with van der Waals surface area (Å²) in [6.45, 7) is 0. The minimum absolute atomic E-state index is 0.303. The van der Waals surface area contributed by atoms with Crippen molar-refractivity contribution >= 4 is 11.8 Å². The van der Waals surface area contributed by atoms with Gasteiger partial charge in [-0.15, -0.1) is 0 Å². The van der Waals surface area contributed by atoms with Crippen LogP contribution in [0.3, 0.4) is 0 Å². The number of pyridine rings is 1. The molecule has 0 spiro atoms. The molecule has 1 aromatic heterocycles. The zero-order valence-corrected chi connectivity index (χ0v) is 11.1. The highest BCUT2D eigenvalue weighted by atomic mass is 16.5. The number of methoxy groups -OCH3 is 1. The third-order valence-electron chi connectivity index (χ3n) is 4.20. The number of piperidine rings is 1. The number of hydrogen-bond acceptors (Lipinski definition) is 5. The molecule has 2 N–H and O–H groups in total. The lowest BCUT2D eigenvalue weighted by Gasteiger charge is -2.38. The second-order valence-electron chi connectivity index (χ2n) is 5.42. The van der Waals surface area contributed by atoms with E-state index in [1.807, 2.05) is 6.07 Å². The zero-order chi connectivity index (χ0) is 13.4. The largest absolute Gasteiger partial charge is 0.465 e. The Balaban J connectivity index is 1.89. The smallest absolute Gasteiger partial charge is 0.338 e. The Morgan fingerprint density at radius 3 is 2.74 bits per heavy atom. The fourth-order valence-corrected chi connectivity index (χ4v) is 3.40. The average Bonchev–Trinajstić information content (AvgIpc) is 2.70. The fourth-order valence-electron chi connectivity index (χ4n) is 3.40. The molecule has 2 aliphatic heterocycles. The highest BCUT2D eigenvalue weighted by molar-refractivity contribution is 5.90. The van der Waals surface area contributed by atoms with Crippen molar-refractivity contribution in [3.05, 3.63) is 23.9 Å². The van der Waals surface area contributed by atoms with Crippen LogP contribution in [-0.4, -0.2) is 36.2 Å². The van der Waals surface area contributed by atoms with Gasteiger partial charge in [-0.05, 0) is 37.8 Å². The quantitative estimate of drug-likeness (QED) is 0.813. The number of aromatic nitrogens is 1. The molecule has 2 saturated heterocycles. The molecular formula is C14H19N3O2. The number of nitrogens with zero attached hydrogens (tertiary/aromatic N) is 2. The molecule has 2 aliphatic rings. The Labute approximate surface area is 112 Å². The molecule has 2 fully saturated rings. The van der Waals surface area contributed by atoms with Crippen LogP contribution in [0.5, 0.6) is 0 Å². The van der Waals surface area contributed by atoms with Crippen LogP contribution in [0, 0.1) is 0 Å². The van der Waals surface area contributed by atoms with Gasteiger partial charge in [0, 0.05) is 24.3 Å². The van der Waals surface area contributed by atoms with Crippen LogP contribution in [0.15, 0.2) is 18.3 Å². The normalized spacial score (nSPS) is 29.4. The van der Waals surface area contributed by atoms with Crippen LogP contribution in [0.4, 0.5) is 5.82 Å². The maximum atomic E-state index is 11.6. The number of nitrogens with two attached hydrogens (primary N) is 1. The van der Waals surface area contributed by atoms with Crippen LogP contribution in [0.1, 0.15) is 36.0 Å². The van der Waals surface area contributed by atoms with Crippen molar-refractivity contribution in [3.8, 4) is 0 Å². The fraction of sp³-hybridized carbons (Fsp3) is 0.571. The van der Waals surface area contributed by atoms with E-state index in [0.29, 0.717) is 23.7 Å². The van der Waals surface area contributed by atoms with Crippen LogP contribution in [0.2, 0.25) is 0 Å². The number of fused-ring (bicyclic) bond motifs is 2. The van der Waals surface area contributed by atoms with Gasteiger partial charge < -0.3 is 15.4 Å². The zero-order valence-electron chi connectivity index (χ0n) is 11.1. The first-order valence-corrected chi connectivity index (χ1v) is 6.77. The minimum atomic E-state index is -0.315. The lowest BCUT2D eigenvalue weighted by Crippen LogP contribution is -2.47. The molecule has 1 aromatic rings. The first-order valence-electron chi connectivity index (χ1n) is 6.77. The summed E-state index contributed by atoms with van der Waals surface area (Å²) in [5, 5.41) is 0. The molecule has 102 valence electrons. The van der Waals surface area contributed by atoms with Crippen molar-refractivity contribution < 1.29 is 9.53 Å². The van der Waals surface area contributed by atoms with Gasteiger partial charge >= 0.3 is 5.97 Å². The Morgan fingerprint density at radius 1 is 1.42 bits per heavy atom. The summed E-state index contributed by atoms with van der Waals surface area (Å²) in [6, 6.07) is 4.75. The Hall–Kier alpha value is -1.62. The molecule has 5 nitrogen and oxygen atoms in total. The van der Waals surface area contributed by atoms with Gasteiger partial charge in [0.25, 0.3) is 0 Å². The Morgan fingerprint density at radius 2 is 2.11 bits per heavy atom. The first-order chi connectivity index (χ1) is 9.19. The maximum Gasteiger partial charge on any atom is 0.338 e. The molecular weight excluding hydrogens is 242 g/mol. The van der Waals surface area contributed by atoms with E-state index in [4.69, 9.17) is 10.5 Å². The molecule has 2 bridgehead atoms. The Kier molecular flexibility index (Phi) is 3.14. The van der Waals surface area contributed by atoms with E-state index in [-0.39, 0.29) is 5.97 Å². The van der Waals surface area contributed by atoms with Crippen LogP contribution < -0.4 is 10.6 Å². The molecule has 5 heteroatoms. The van der Waals surface area contributed by atoms with E-state index in [2.05, 4.69) is 9.88 Å². The molecule has 19 heavy (non-hydrogen) atoms. The van der Waals surface area contributed by atoms with Gasteiger partial charge in [0.2, 0.25) is 0 Å². The maximum absolute atomic E-state index is 11.6. The number of rotatable bonds is 2. The van der Waals surface area contributed by atoms with Crippen molar-refractivity contribution in [2.75, 3.05) is 12.0 Å². The number of carbonyl (C=O) groups is 1. The van der Waals surface area contributed by atoms with E-state index in [0.717, 1.165) is 18.7 Å². The molecule has 2 unspecified atom stereocenters. The topological polar surface area (TPSA) is 68.5 Å². The van der Waals surface area contributed by atoms with E-state index in [9.17, 15) is 4.79 Å². The van der Waals surface area contributed by atoms with Crippen LogP contribution in [-0.2, 0) is 4.74 Å². The average molecular weight is 261 g/mol. The summed E-state index contributed by atoms with van der Waals surface area (Å²) in [4.78, 5) is 18.4. The SMILES string of the molecule is COC(=O)c1ccnc(N2C3CCC2CC(N)C3)c1. The lowest BCUT2D eigenvalue weighted by molar-refractivity contribution is 0.0600. The monoisotopic (exact) mass is 261 g/mol. The van der Waals surface area contributed by atoms with Gasteiger partial charge in [-0.3, -0.25) is 0 Å². The summed E-state index contributed by atoms with van der Waals surface area (Å²) in [7, 11) is 1.39. The summed E-state index contributed by atoms with van der Waals surface area (Å²) in [5.74, 6) is 0.562. The van der Waals surface area contributed by atoms with E-state index < -0.39 is 0 Å². The molecule has 0 aliphatic carbocycles. The van der Waals surface area contributed by atoms with Crippen molar-refractivity contribution in [2.45, 2.75) is 43.8 Å². The summed E-state index contributed by atoms with van der Waals surface area (Å²) in [5.41, 5.74) is 6.63. The molecule has 3 heterocycles. The van der Waals surface area contributed by atoms with Crippen LogP contribution >= 0.6 is 0 Å². The van der Waals surface area contributed by atoms with Gasteiger partial charge in [0.15, 0.2) is 0 Å². The van der Waals surface area contributed by atoms with Gasteiger partial charge in [-0.1, -0.05) is 0 Å². The van der Waals surface area contributed by atoms with Crippen molar-refractivity contribution in [1.29, 1.82) is 0 Å². The highest BCUT2D eigenvalue weighted by Gasteiger charge is 2.40. The number of esters is 1. The number of ether oxygens (including phenoxy) is 1. The number of carbonyl (C=O) groups excluding carboxylic acids is 1. The lowest BCUT2D eigenvalue weighted by atomic mass is 9.98. The van der Waals surface area contributed by atoms with E-state index >= 15 is 0 Å². The molecule has 0 amide bonds. The summed E-state index contributed by atoms with van der Waals surface area (Å²) < 4.78 is 4.76. The van der Waals surface area contributed by atoms with Gasteiger partial charge in [0.1, 0.15) is 5.82 Å². The Bertz CT molecular complexity index is 477. The van der Waals surface area contributed by atoms with Crippen molar-refractivity contribution in [3.63, 3.8) is 0 Å². The summed E-state index contributed by atoms with van der Waals surface area (Å²) in [6.07, 6.45) is 6.04. The molecule has 2 atom stereocenters. The number of anilines is 1. The standard InChI is InChI=1S/C14H19N3O2/c1-19-14(18)9-4-5-16-13(6-9)17-11-2-3-12(17)8-10(15)7-11/h4-6,10-12H,2-3,7-8,15H2,1H3. The first kappa shape index (κ1) is 12.4. The second-order valence-corrected chi connectivity index (χ2v) is 5.42. The van der Waals surface area contributed by atoms with Gasteiger partial charge in [-0.25, -0.2) is 9.78 Å². The van der Waals surface area contributed by atoms with Crippen molar-refractivity contribution in [1.82, 2.24) is 4.98 Å². The molecule has 0 saturated carbocycles. The third-order valence-corrected chi connectivity index (χ3v) is 4.20. The third kappa shape index (κ3) is 2.18. The minimum Gasteiger partial charge on any atom is -0.465 e. The summed E-state index contributed by atoms with van der Waals surface area (Å²) >= 11 is 0. The predicted molar refractivity (Wildman–Crippen MR) is 72.1 cm³/mol. The van der Waals surface area contributed by atoms with E-state index in [1.54, 1.807) is 12.3 Å². The van der Waals surface area contributed by atoms with Gasteiger partial charge in [-0.2, -0.15) is 0 Å². The van der Waals surface area contributed by atoms with E-state index in [1.165, 1.54) is 20.0 Å². The highest BCUT2D eigenvalue weighted by Crippen LogP contribution is 2.38. The van der Waals surface area contributed by atoms with Crippen molar-refractivity contribution in [2.24, 2.45) is 5.73 Å². The molecule has 0 aromatic carbocycles.